The molecule has 92 valence electrons. The first-order chi connectivity index (χ1) is 8.13. The Morgan fingerprint density at radius 3 is 2.94 bits per heavy atom. The summed E-state index contributed by atoms with van der Waals surface area (Å²) < 4.78 is 18.7. The number of likely N-dealkylation sites (tertiary alicyclic amines) is 1. The van der Waals surface area contributed by atoms with Crippen molar-refractivity contribution in [1.82, 2.24) is 4.90 Å². The van der Waals surface area contributed by atoms with Gasteiger partial charge in [0.1, 0.15) is 17.1 Å². The van der Waals surface area contributed by atoms with E-state index in [0.717, 1.165) is 6.42 Å². The van der Waals surface area contributed by atoms with Crippen LogP contribution in [0.25, 0.3) is 0 Å². The van der Waals surface area contributed by atoms with Crippen LogP contribution in [-0.2, 0) is 0 Å². The van der Waals surface area contributed by atoms with E-state index < -0.39 is 5.82 Å². The van der Waals surface area contributed by atoms with Crippen LogP contribution in [0.2, 0.25) is 0 Å². The zero-order valence-corrected chi connectivity index (χ0v) is 10.2. The Morgan fingerprint density at radius 1 is 1.59 bits per heavy atom. The van der Waals surface area contributed by atoms with Gasteiger partial charge in [-0.15, -0.1) is 11.6 Å². The predicted octanol–water partition coefficient (Wildman–Crippen LogP) is 2.29. The van der Waals surface area contributed by atoms with E-state index in [1.54, 1.807) is 11.0 Å². The smallest absolute Gasteiger partial charge is 0.260 e. The highest BCUT2D eigenvalue weighted by molar-refractivity contribution is 6.21. The van der Waals surface area contributed by atoms with Crippen molar-refractivity contribution in [3.05, 3.63) is 29.6 Å². The standard InChI is InChI=1S/C12H13ClFNO2/c1-17-10-4-2-3-9(14)11(10)12(16)15-6-5-8(13)7-15/h2-4,8H,5-7H2,1H3. The number of halogens is 2. The molecule has 1 heterocycles. The van der Waals surface area contributed by atoms with Crippen LogP contribution < -0.4 is 4.74 Å². The minimum Gasteiger partial charge on any atom is -0.496 e. The van der Waals surface area contributed by atoms with Crippen molar-refractivity contribution in [3.63, 3.8) is 0 Å². The van der Waals surface area contributed by atoms with E-state index in [-0.39, 0.29) is 22.6 Å². The van der Waals surface area contributed by atoms with Crippen LogP contribution in [0.1, 0.15) is 16.8 Å². The number of alkyl halides is 1. The number of methoxy groups -OCH3 is 1. The summed E-state index contributed by atoms with van der Waals surface area (Å²) >= 11 is 5.93. The fourth-order valence-electron chi connectivity index (χ4n) is 1.94. The summed E-state index contributed by atoms with van der Waals surface area (Å²) in [5.41, 5.74) is -0.0132. The fraction of sp³-hybridized carbons (Fsp3) is 0.417. The van der Waals surface area contributed by atoms with E-state index in [0.29, 0.717) is 13.1 Å². The Balaban J connectivity index is 2.30. The van der Waals surface area contributed by atoms with E-state index in [1.165, 1.54) is 19.2 Å². The van der Waals surface area contributed by atoms with Gasteiger partial charge in [-0.25, -0.2) is 4.39 Å². The Bertz CT molecular complexity index is 439. The maximum Gasteiger partial charge on any atom is 0.260 e. The van der Waals surface area contributed by atoms with Crippen molar-refractivity contribution in [2.24, 2.45) is 0 Å². The lowest BCUT2D eigenvalue weighted by atomic mass is 10.1. The molecular weight excluding hydrogens is 245 g/mol. The van der Waals surface area contributed by atoms with E-state index >= 15 is 0 Å². The molecular formula is C12H13ClFNO2. The normalized spacial score (nSPS) is 19.5. The third-order valence-corrected chi connectivity index (χ3v) is 3.18. The molecule has 1 saturated heterocycles. The number of carbonyl (C=O) groups excluding carboxylic acids is 1. The second-order valence-electron chi connectivity index (χ2n) is 3.95. The molecule has 2 rings (SSSR count). The maximum atomic E-state index is 13.7. The van der Waals surface area contributed by atoms with Gasteiger partial charge in [0, 0.05) is 13.1 Å². The van der Waals surface area contributed by atoms with Crippen molar-refractivity contribution in [2.75, 3.05) is 20.2 Å². The zero-order valence-electron chi connectivity index (χ0n) is 9.45. The lowest BCUT2D eigenvalue weighted by Gasteiger charge is -2.17. The van der Waals surface area contributed by atoms with Gasteiger partial charge in [0.05, 0.1) is 12.5 Å². The molecule has 0 aliphatic carbocycles. The Morgan fingerprint density at radius 2 is 2.35 bits per heavy atom. The maximum absolute atomic E-state index is 13.7. The van der Waals surface area contributed by atoms with Crippen molar-refractivity contribution >= 4 is 17.5 Å². The average Bonchev–Trinajstić information content (AvgIpc) is 2.74. The highest BCUT2D eigenvalue weighted by Gasteiger charge is 2.29. The SMILES string of the molecule is COc1cccc(F)c1C(=O)N1CCC(Cl)C1. The molecule has 3 nitrogen and oxygen atoms in total. The molecule has 1 aromatic rings. The summed E-state index contributed by atoms with van der Waals surface area (Å²) in [6, 6.07) is 4.34. The van der Waals surface area contributed by atoms with E-state index in [9.17, 15) is 9.18 Å². The van der Waals surface area contributed by atoms with E-state index in [4.69, 9.17) is 16.3 Å². The number of ether oxygens (including phenoxy) is 1. The minimum absolute atomic E-state index is 0.0132. The summed E-state index contributed by atoms with van der Waals surface area (Å²) in [5, 5.41) is -0.0447. The molecule has 1 aliphatic rings. The molecule has 1 amide bonds. The molecule has 1 unspecified atom stereocenters. The third kappa shape index (κ3) is 2.36. The Labute approximate surface area is 104 Å². The molecule has 0 spiro atoms. The fourth-order valence-corrected chi connectivity index (χ4v) is 2.21. The van der Waals surface area contributed by atoms with Crippen molar-refractivity contribution in [3.8, 4) is 5.75 Å². The van der Waals surface area contributed by atoms with Crippen LogP contribution in [0.5, 0.6) is 5.75 Å². The Kier molecular flexibility index (Phi) is 3.52. The summed E-state index contributed by atoms with van der Waals surface area (Å²) in [5.74, 6) is -0.663. The first-order valence-corrected chi connectivity index (χ1v) is 5.83. The van der Waals surface area contributed by atoms with Crippen molar-refractivity contribution in [2.45, 2.75) is 11.8 Å². The molecule has 1 aliphatic heterocycles. The number of hydrogen-bond acceptors (Lipinski definition) is 2. The molecule has 0 radical (unpaired) electrons. The highest BCUT2D eigenvalue weighted by Crippen LogP contribution is 2.25. The molecule has 0 aromatic heterocycles. The van der Waals surface area contributed by atoms with Crippen LogP contribution in [0.4, 0.5) is 4.39 Å². The van der Waals surface area contributed by atoms with Gasteiger partial charge >= 0.3 is 0 Å². The van der Waals surface area contributed by atoms with Crippen molar-refractivity contribution in [1.29, 1.82) is 0 Å². The van der Waals surface area contributed by atoms with Crippen LogP contribution in [0, 0.1) is 5.82 Å². The zero-order chi connectivity index (χ0) is 12.4. The summed E-state index contributed by atoms with van der Waals surface area (Å²) in [6.45, 7) is 1.02. The van der Waals surface area contributed by atoms with Crippen LogP contribution in [-0.4, -0.2) is 36.4 Å². The number of hydrogen-bond donors (Lipinski definition) is 0. The number of amides is 1. The quantitative estimate of drug-likeness (QED) is 0.761. The lowest BCUT2D eigenvalue weighted by molar-refractivity contribution is 0.0785. The van der Waals surface area contributed by atoms with Gasteiger partial charge in [-0.05, 0) is 18.6 Å². The van der Waals surface area contributed by atoms with Crippen LogP contribution in [0.15, 0.2) is 18.2 Å². The highest BCUT2D eigenvalue weighted by atomic mass is 35.5. The van der Waals surface area contributed by atoms with Gasteiger partial charge < -0.3 is 9.64 Å². The van der Waals surface area contributed by atoms with Crippen LogP contribution >= 0.6 is 11.6 Å². The van der Waals surface area contributed by atoms with Crippen LogP contribution in [0.3, 0.4) is 0 Å². The summed E-state index contributed by atoms with van der Waals surface area (Å²) in [7, 11) is 1.42. The number of nitrogens with zero attached hydrogens (tertiary/aromatic N) is 1. The monoisotopic (exact) mass is 257 g/mol. The largest absolute Gasteiger partial charge is 0.496 e. The third-order valence-electron chi connectivity index (χ3n) is 2.83. The first-order valence-electron chi connectivity index (χ1n) is 5.39. The van der Waals surface area contributed by atoms with Gasteiger partial charge in [-0.2, -0.15) is 0 Å². The summed E-state index contributed by atoms with van der Waals surface area (Å²) in [4.78, 5) is 13.7. The molecule has 0 bridgehead atoms. The molecule has 17 heavy (non-hydrogen) atoms. The topological polar surface area (TPSA) is 29.5 Å². The molecule has 1 fully saturated rings. The van der Waals surface area contributed by atoms with Gasteiger partial charge in [-0.3, -0.25) is 4.79 Å². The van der Waals surface area contributed by atoms with Gasteiger partial charge in [0.2, 0.25) is 0 Å². The number of benzene rings is 1. The summed E-state index contributed by atoms with van der Waals surface area (Å²) in [6.07, 6.45) is 0.740. The van der Waals surface area contributed by atoms with Gasteiger partial charge in [0.25, 0.3) is 5.91 Å². The number of carbonyl (C=O) groups is 1. The average molecular weight is 258 g/mol. The molecule has 0 saturated carbocycles. The Hall–Kier alpha value is -1.29. The van der Waals surface area contributed by atoms with Crippen molar-refractivity contribution < 1.29 is 13.9 Å². The van der Waals surface area contributed by atoms with E-state index in [1.807, 2.05) is 0 Å². The molecule has 0 N–H and O–H groups in total. The van der Waals surface area contributed by atoms with Gasteiger partial charge in [-0.1, -0.05) is 6.07 Å². The lowest BCUT2D eigenvalue weighted by Crippen LogP contribution is -2.30. The van der Waals surface area contributed by atoms with Gasteiger partial charge in [0.15, 0.2) is 0 Å². The molecule has 1 atom stereocenters. The molecule has 1 aromatic carbocycles. The van der Waals surface area contributed by atoms with E-state index in [2.05, 4.69) is 0 Å². The second kappa shape index (κ2) is 4.92. The minimum atomic E-state index is -0.563. The first kappa shape index (κ1) is 12.2. The molecule has 5 heteroatoms. The second-order valence-corrected chi connectivity index (χ2v) is 4.57. The number of rotatable bonds is 2. The predicted molar refractivity (Wildman–Crippen MR) is 63.1 cm³/mol.